The summed E-state index contributed by atoms with van der Waals surface area (Å²) in [5.41, 5.74) is 8.38. The minimum Gasteiger partial charge on any atom is -0.389 e. The number of hydrogen-bond donors (Lipinski definition) is 2. The zero-order valence-electron chi connectivity index (χ0n) is 11.5. The molecule has 0 unspecified atom stereocenters. The molecule has 0 saturated heterocycles. The number of rotatable bonds is 5. The van der Waals surface area contributed by atoms with Crippen LogP contribution in [0.3, 0.4) is 0 Å². The number of para-hydroxylation sites is 1. The van der Waals surface area contributed by atoms with Gasteiger partial charge in [-0.05, 0) is 24.1 Å². The summed E-state index contributed by atoms with van der Waals surface area (Å²) in [6, 6.07) is 14.1. The number of nitrogens with two attached hydrogens (primary N) is 1. The van der Waals surface area contributed by atoms with Crippen LogP contribution >= 0.6 is 12.2 Å². The summed E-state index contributed by atoms with van der Waals surface area (Å²) in [6.07, 6.45) is 0. The topological polar surface area (TPSA) is 72.2 Å². The average molecular weight is 320 g/mol. The Labute approximate surface area is 130 Å². The molecule has 2 aromatic rings. The van der Waals surface area contributed by atoms with Gasteiger partial charge < -0.3 is 5.73 Å². The van der Waals surface area contributed by atoms with Gasteiger partial charge in [-0.3, -0.25) is 4.72 Å². The lowest BCUT2D eigenvalue weighted by molar-refractivity contribution is 0.600. The molecule has 6 heteroatoms. The molecule has 0 saturated carbocycles. The van der Waals surface area contributed by atoms with Gasteiger partial charge in [-0.1, -0.05) is 54.7 Å². The highest BCUT2D eigenvalue weighted by Gasteiger charge is 2.13. The first-order valence-electron chi connectivity index (χ1n) is 6.32. The van der Waals surface area contributed by atoms with Crippen molar-refractivity contribution in [1.82, 2.24) is 0 Å². The molecule has 0 bridgehead atoms. The van der Waals surface area contributed by atoms with E-state index >= 15 is 0 Å². The number of hydrogen-bond acceptors (Lipinski definition) is 3. The first-order chi connectivity index (χ1) is 9.87. The van der Waals surface area contributed by atoms with Crippen molar-refractivity contribution in [3.63, 3.8) is 0 Å². The van der Waals surface area contributed by atoms with Crippen molar-refractivity contribution in [2.24, 2.45) is 5.73 Å². The highest BCUT2D eigenvalue weighted by atomic mass is 32.2. The van der Waals surface area contributed by atoms with Crippen molar-refractivity contribution in [2.45, 2.75) is 12.7 Å². The molecule has 0 fully saturated rings. The van der Waals surface area contributed by atoms with E-state index in [1.165, 1.54) is 0 Å². The quantitative estimate of drug-likeness (QED) is 0.831. The van der Waals surface area contributed by atoms with Gasteiger partial charge in [0.15, 0.2) is 0 Å². The predicted octanol–water partition coefficient (Wildman–Crippen LogP) is 2.57. The number of aryl methyl sites for hydroxylation is 1. The molecule has 0 aliphatic heterocycles. The lowest BCUT2D eigenvalue weighted by Crippen LogP contribution is -2.16. The van der Waals surface area contributed by atoms with Crippen LogP contribution in [0.4, 0.5) is 5.69 Å². The molecule has 0 amide bonds. The van der Waals surface area contributed by atoms with Gasteiger partial charge in [0.2, 0.25) is 10.0 Å². The van der Waals surface area contributed by atoms with E-state index in [2.05, 4.69) is 4.72 Å². The summed E-state index contributed by atoms with van der Waals surface area (Å²) in [7, 11) is -3.46. The maximum Gasteiger partial charge on any atom is 0.236 e. The Morgan fingerprint density at radius 1 is 1.14 bits per heavy atom. The maximum atomic E-state index is 12.2. The normalized spacial score (nSPS) is 11.1. The van der Waals surface area contributed by atoms with Crippen molar-refractivity contribution in [1.29, 1.82) is 0 Å². The molecule has 110 valence electrons. The summed E-state index contributed by atoms with van der Waals surface area (Å²) in [5.74, 6) is -0.0983. The largest absolute Gasteiger partial charge is 0.389 e. The predicted molar refractivity (Wildman–Crippen MR) is 89.8 cm³/mol. The van der Waals surface area contributed by atoms with Crippen molar-refractivity contribution >= 4 is 32.9 Å². The van der Waals surface area contributed by atoms with Crippen LogP contribution in [0.2, 0.25) is 0 Å². The maximum absolute atomic E-state index is 12.2. The van der Waals surface area contributed by atoms with Crippen molar-refractivity contribution < 1.29 is 8.42 Å². The first kappa shape index (κ1) is 15.5. The molecule has 0 atom stereocenters. The van der Waals surface area contributed by atoms with Crippen LogP contribution < -0.4 is 10.5 Å². The molecular formula is C15H16N2O2S2. The van der Waals surface area contributed by atoms with Crippen LogP contribution in [0.5, 0.6) is 0 Å². The van der Waals surface area contributed by atoms with Crippen LogP contribution in [0.1, 0.15) is 16.7 Å². The third-order valence-corrected chi connectivity index (χ3v) is 4.49. The smallest absolute Gasteiger partial charge is 0.236 e. The fourth-order valence-electron chi connectivity index (χ4n) is 1.88. The molecule has 0 aliphatic carbocycles. The molecule has 4 nitrogen and oxygen atoms in total. The van der Waals surface area contributed by atoms with Crippen LogP contribution in [-0.2, 0) is 15.8 Å². The van der Waals surface area contributed by atoms with E-state index in [0.717, 1.165) is 11.1 Å². The second-order valence-electron chi connectivity index (χ2n) is 4.74. The first-order valence-corrected chi connectivity index (χ1v) is 8.38. The number of nitrogens with one attached hydrogen (secondary N) is 1. The van der Waals surface area contributed by atoms with E-state index in [9.17, 15) is 8.42 Å². The standard InChI is InChI=1S/C15H16N2O2S2/c1-11-4-2-3-5-14(11)17-21(18,19)10-12-6-8-13(9-7-12)15(16)20/h2-9,17H,10H2,1H3,(H2,16,20). The van der Waals surface area contributed by atoms with Gasteiger partial charge in [-0.2, -0.15) is 0 Å². The van der Waals surface area contributed by atoms with Crippen LogP contribution in [0.25, 0.3) is 0 Å². The number of sulfonamides is 1. The van der Waals surface area contributed by atoms with Gasteiger partial charge in [0.25, 0.3) is 0 Å². The summed E-state index contributed by atoms with van der Waals surface area (Å²) in [4.78, 5) is 0.294. The SMILES string of the molecule is Cc1ccccc1NS(=O)(=O)Cc1ccc(C(N)=S)cc1. The van der Waals surface area contributed by atoms with E-state index in [4.69, 9.17) is 18.0 Å². The molecule has 21 heavy (non-hydrogen) atoms. The van der Waals surface area contributed by atoms with Crippen LogP contribution in [-0.4, -0.2) is 13.4 Å². The lowest BCUT2D eigenvalue weighted by Gasteiger charge is -2.10. The molecule has 0 spiro atoms. The average Bonchev–Trinajstić information content (AvgIpc) is 2.41. The molecular weight excluding hydrogens is 304 g/mol. The van der Waals surface area contributed by atoms with E-state index in [0.29, 0.717) is 16.2 Å². The van der Waals surface area contributed by atoms with Gasteiger partial charge >= 0.3 is 0 Å². The second-order valence-corrected chi connectivity index (χ2v) is 6.90. The van der Waals surface area contributed by atoms with E-state index < -0.39 is 10.0 Å². The summed E-state index contributed by atoms with van der Waals surface area (Å²) in [5, 5.41) is 0. The summed E-state index contributed by atoms with van der Waals surface area (Å²) in [6.45, 7) is 1.86. The monoisotopic (exact) mass is 320 g/mol. The van der Waals surface area contributed by atoms with Gasteiger partial charge in [0, 0.05) is 5.56 Å². The number of anilines is 1. The fourth-order valence-corrected chi connectivity index (χ4v) is 3.28. The zero-order chi connectivity index (χ0) is 15.5. The fraction of sp³-hybridized carbons (Fsp3) is 0.133. The molecule has 0 heterocycles. The Balaban J connectivity index is 2.14. The van der Waals surface area contributed by atoms with Crippen molar-refractivity contribution in [3.05, 3.63) is 65.2 Å². The molecule has 0 aromatic heterocycles. The van der Waals surface area contributed by atoms with Gasteiger partial charge in [0.05, 0.1) is 11.4 Å². The minimum atomic E-state index is -3.46. The molecule has 0 aliphatic rings. The molecule has 2 rings (SSSR count). The van der Waals surface area contributed by atoms with Gasteiger partial charge in [-0.15, -0.1) is 0 Å². The molecule has 0 radical (unpaired) electrons. The van der Waals surface area contributed by atoms with Gasteiger partial charge in [0.1, 0.15) is 4.99 Å². The highest BCUT2D eigenvalue weighted by molar-refractivity contribution is 7.91. The van der Waals surface area contributed by atoms with E-state index in [-0.39, 0.29) is 5.75 Å². The Kier molecular flexibility index (Phi) is 4.59. The third-order valence-electron chi connectivity index (χ3n) is 3.01. The number of thiocarbonyl (C=S) groups is 1. The lowest BCUT2D eigenvalue weighted by atomic mass is 10.1. The Morgan fingerprint density at radius 3 is 2.33 bits per heavy atom. The van der Waals surface area contributed by atoms with E-state index in [1.54, 1.807) is 36.4 Å². The Hall–Kier alpha value is -1.92. The van der Waals surface area contributed by atoms with E-state index in [1.807, 2.05) is 19.1 Å². The molecule has 2 aromatic carbocycles. The van der Waals surface area contributed by atoms with Crippen molar-refractivity contribution in [3.8, 4) is 0 Å². The van der Waals surface area contributed by atoms with Crippen molar-refractivity contribution in [2.75, 3.05) is 4.72 Å². The summed E-state index contributed by atoms with van der Waals surface area (Å²) < 4.78 is 27.0. The third kappa shape index (κ3) is 4.27. The Morgan fingerprint density at radius 2 is 1.76 bits per heavy atom. The van der Waals surface area contributed by atoms with Crippen LogP contribution in [0, 0.1) is 6.92 Å². The zero-order valence-corrected chi connectivity index (χ0v) is 13.2. The minimum absolute atomic E-state index is 0.0983. The van der Waals surface area contributed by atoms with Crippen LogP contribution in [0.15, 0.2) is 48.5 Å². The highest BCUT2D eigenvalue weighted by Crippen LogP contribution is 2.17. The second kappa shape index (κ2) is 6.24. The Bertz CT molecular complexity index is 753. The summed E-state index contributed by atoms with van der Waals surface area (Å²) >= 11 is 4.86. The number of benzene rings is 2. The van der Waals surface area contributed by atoms with Gasteiger partial charge in [-0.25, -0.2) is 8.42 Å². The molecule has 3 N–H and O–H groups in total.